The van der Waals surface area contributed by atoms with E-state index in [1.165, 1.54) is 6.33 Å². The lowest BCUT2D eigenvalue weighted by molar-refractivity contribution is 0.158. The molecule has 0 radical (unpaired) electrons. The van der Waals surface area contributed by atoms with Gasteiger partial charge in [-0.25, -0.2) is 9.97 Å². The highest BCUT2D eigenvalue weighted by atomic mass is 16.5. The molecule has 0 spiro atoms. The van der Waals surface area contributed by atoms with Crippen LogP contribution in [0.15, 0.2) is 12.4 Å². The van der Waals surface area contributed by atoms with Crippen LogP contribution in [-0.4, -0.2) is 41.4 Å². The van der Waals surface area contributed by atoms with Gasteiger partial charge >= 0.3 is 0 Å². The summed E-state index contributed by atoms with van der Waals surface area (Å²) in [5, 5.41) is 9.88. The Hall–Kier alpha value is -1.36. The maximum Gasteiger partial charge on any atom is 0.218 e. The first-order chi connectivity index (χ1) is 8.20. The first kappa shape index (κ1) is 12.1. The lowest BCUT2D eigenvalue weighted by atomic mass is 10.2. The van der Waals surface area contributed by atoms with Gasteiger partial charge in [0.1, 0.15) is 12.1 Å². The molecule has 0 amide bonds. The van der Waals surface area contributed by atoms with E-state index in [2.05, 4.69) is 9.97 Å². The molecule has 0 saturated heterocycles. The van der Waals surface area contributed by atoms with Gasteiger partial charge in [-0.1, -0.05) is 0 Å². The molecule has 1 saturated carbocycles. The molecule has 1 fully saturated rings. The largest absolute Gasteiger partial charge is 0.478 e. The van der Waals surface area contributed by atoms with Gasteiger partial charge in [0.25, 0.3) is 0 Å². The number of aromatic nitrogens is 2. The standard InChI is InChI=1S/C12H19N3O2/c1-3-17-12-6-11(13-8-14-12)15(2)7-10(16)9-4-5-9/h6,8-10,16H,3-5,7H2,1-2H3. The van der Waals surface area contributed by atoms with E-state index in [1.54, 1.807) is 6.07 Å². The zero-order valence-corrected chi connectivity index (χ0v) is 10.3. The van der Waals surface area contributed by atoms with Crippen LogP contribution in [-0.2, 0) is 0 Å². The summed E-state index contributed by atoms with van der Waals surface area (Å²) >= 11 is 0. The minimum absolute atomic E-state index is 0.259. The van der Waals surface area contributed by atoms with Crippen LogP contribution in [0.4, 0.5) is 5.82 Å². The number of aliphatic hydroxyl groups is 1. The predicted octanol–water partition coefficient (Wildman–Crippen LogP) is 1.08. The molecule has 0 aromatic carbocycles. The summed E-state index contributed by atoms with van der Waals surface area (Å²) in [6.45, 7) is 3.11. The lowest BCUT2D eigenvalue weighted by Crippen LogP contribution is -2.30. The van der Waals surface area contributed by atoms with Gasteiger partial charge in [0.05, 0.1) is 12.7 Å². The second-order valence-corrected chi connectivity index (χ2v) is 4.43. The zero-order chi connectivity index (χ0) is 12.3. The van der Waals surface area contributed by atoms with Crippen molar-refractivity contribution in [2.24, 2.45) is 5.92 Å². The van der Waals surface area contributed by atoms with Crippen molar-refractivity contribution in [1.29, 1.82) is 0 Å². The molecule has 17 heavy (non-hydrogen) atoms. The van der Waals surface area contributed by atoms with Crippen molar-refractivity contribution in [2.75, 3.05) is 25.1 Å². The van der Waals surface area contributed by atoms with Crippen LogP contribution in [0.5, 0.6) is 5.88 Å². The summed E-state index contributed by atoms with van der Waals surface area (Å²) in [7, 11) is 1.92. The molecule has 1 aromatic rings. The van der Waals surface area contributed by atoms with Crippen LogP contribution in [0.1, 0.15) is 19.8 Å². The van der Waals surface area contributed by atoms with E-state index < -0.39 is 0 Å². The maximum absolute atomic E-state index is 9.88. The Morgan fingerprint density at radius 2 is 2.29 bits per heavy atom. The van der Waals surface area contributed by atoms with E-state index in [4.69, 9.17) is 4.74 Å². The molecule has 1 unspecified atom stereocenters. The first-order valence-electron chi connectivity index (χ1n) is 6.04. The van der Waals surface area contributed by atoms with Crippen molar-refractivity contribution < 1.29 is 9.84 Å². The average Bonchev–Trinajstić information content (AvgIpc) is 3.13. The quantitative estimate of drug-likeness (QED) is 0.802. The van der Waals surface area contributed by atoms with Gasteiger partial charge in [-0.2, -0.15) is 0 Å². The number of aliphatic hydroxyl groups excluding tert-OH is 1. The van der Waals surface area contributed by atoms with E-state index in [0.717, 1.165) is 18.7 Å². The minimum atomic E-state index is -0.259. The average molecular weight is 237 g/mol. The van der Waals surface area contributed by atoms with Crippen LogP contribution in [0, 0.1) is 5.92 Å². The number of hydrogen-bond donors (Lipinski definition) is 1. The van der Waals surface area contributed by atoms with Crippen molar-refractivity contribution >= 4 is 5.82 Å². The highest BCUT2D eigenvalue weighted by Gasteiger charge is 2.30. The molecule has 1 aliphatic carbocycles. The summed E-state index contributed by atoms with van der Waals surface area (Å²) in [4.78, 5) is 10.1. The number of rotatable bonds is 6. The predicted molar refractivity (Wildman–Crippen MR) is 65.2 cm³/mol. The zero-order valence-electron chi connectivity index (χ0n) is 10.3. The molecule has 5 heteroatoms. The third kappa shape index (κ3) is 3.30. The van der Waals surface area contributed by atoms with Crippen LogP contribution >= 0.6 is 0 Å². The molecule has 0 bridgehead atoms. The van der Waals surface area contributed by atoms with Crippen molar-refractivity contribution in [1.82, 2.24) is 9.97 Å². The fraction of sp³-hybridized carbons (Fsp3) is 0.667. The molecule has 1 atom stereocenters. The fourth-order valence-electron chi connectivity index (χ4n) is 1.77. The normalized spacial score (nSPS) is 16.6. The fourth-order valence-corrected chi connectivity index (χ4v) is 1.77. The highest BCUT2D eigenvalue weighted by Crippen LogP contribution is 2.33. The molecule has 1 aliphatic rings. The lowest BCUT2D eigenvalue weighted by Gasteiger charge is -2.21. The van der Waals surface area contributed by atoms with Crippen LogP contribution < -0.4 is 9.64 Å². The summed E-state index contributed by atoms with van der Waals surface area (Å²) in [6.07, 6.45) is 3.51. The Bertz CT molecular complexity index is 369. The third-order valence-electron chi connectivity index (χ3n) is 2.94. The Morgan fingerprint density at radius 1 is 1.53 bits per heavy atom. The summed E-state index contributed by atoms with van der Waals surface area (Å²) < 4.78 is 5.32. The Labute approximate surface area is 101 Å². The highest BCUT2D eigenvalue weighted by molar-refractivity contribution is 5.39. The van der Waals surface area contributed by atoms with E-state index in [0.29, 0.717) is 24.9 Å². The number of anilines is 1. The molecule has 5 nitrogen and oxygen atoms in total. The second kappa shape index (κ2) is 5.31. The number of likely N-dealkylation sites (N-methyl/N-ethyl adjacent to an activating group) is 1. The first-order valence-corrected chi connectivity index (χ1v) is 6.04. The Balaban J connectivity index is 1.96. The number of ether oxygens (including phenoxy) is 1. The molecule has 1 aromatic heterocycles. The van der Waals surface area contributed by atoms with Gasteiger partial charge in [-0.05, 0) is 25.7 Å². The Morgan fingerprint density at radius 3 is 2.94 bits per heavy atom. The van der Waals surface area contributed by atoms with Crippen molar-refractivity contribution in [3.63, 3.8) is 0 Å². The Kier molecular flexibility index (Phi) is 3.78. The van der Waals surface area contributed by atoms with Crippen molar-refractivity contribution in [3.05, 3.63) is 12.4 Å². The van der Waals surface area contributed by atoms with E-state index in [-0.39, 0.29) is 6.10 Å². The third-order valence-corrected chi connectivity index (χ3v) is 2.94. The molecule has 94 valence electrons. The second-order valence-electron chi connectivity index (χ2n) is 4.43. The monoisotopic (exact) mass is 237 g/mol. The van der Waals surface area contributed by atoms with Crippen LogP contribution in [0.2, 0.25) is 0 Å². The molecular weight excluding hydrogens is 218 g/mol. The SMILES string of the molecule is CCOc1cc(N(C)CC(O)C2CC2)ncn1. The molecule has 1 heterocycles. The van der Waals surface area contributed by atoms with E-state index >= 15 is 0 Å². The topological polar surface area (TPSA) is 58.5 Å². The van der Waals surface area contributed by atoms with Crippen LogP contribution in [0.25, 0.3) is 0 Å². The van der Waals surface area contributed by atoms with Gasteiger partial charge in [-0.15, -0.1) is 0 Å². The molecule has 1 N–H and O–H groups in total. The maximum atomic E-state index is 9.88. The van der Waals surface area contributed by atoms with Gasteiger partial charge in [0.2, 0.25) is 5.88 Å². The molecule has 0 aliphatic heterocycles. The summed E-state index contributed by atoms with van der Waals surface area (Å²) in [6, 6.07) is 1.79. The van der Waals surface area contributed by atoms with Gasteiger partial charge in [-0.3, -0.25) is 0 Å². The molecular formula is C12H19N3O2. The molecule has 2 rings (SSSR count). The summed E-state index contributed by atoms with van der Waals surface area (Å²) in [5.74, 6) is 1.83. The smallest absolute Gasteiger partial charge is 0.218 e. The van der Waals surface area contributed by atoms with Crippen LogP contribution in [0.3, 0.4) is 0 Å². The van der Waals surface area contributed by atoms with Gasteiger partial charge < -0.3 is 14.7 Å². The van der Waals surface area contributed by atoms with Crippen molar-refractivity contribution in [3.8, 4) is 5.88 Å². The number of nitrogens with zero attached hydrogens (tertiary/aromatic N) is 3. The van der Waals surface area contributed by atoms with E-state index in [9.17, 15) is 5.11 Å². The van der Waals surface area contributed by atoms with Gasteiger partial charge in [0, 0.05) is 19.7 Å². The number of hydrogen-bond acceptors (Lipinski definition) is 5. The van der Waals surface area contributed by atoms with Gasteiger partial charge in [0.15, 0.2) is 0 Å². The van der Waals surface area contributed by atoms with Crippen molar-refractivity contribution in [2.45, 2.75) is 25.9 Å². The minimum Gasteiger partial charge on any atom is -0.478 e. The summed E-state index contributed by atoms with van der Waals surface area (Å²) in [5.41, 5.74) is 0. The van der Waals surface area contributed by atoms with E-state index in [1.807, 2.05) is 18.9 Å².